The number of carbonyl (C=O) groups excluding carboxylic acids is 1. The van der Waals surface area contributed by atoms with Crippen LogP contribution in [0, 0.1) is 0 Å². The summed E-state index contributed by atoms with van der Waals surface area (Å²) < 4.78 is 0. The Labute approximate surface area is 122 Å². The van der Waals surface area contributed by atoms with Crippen LogP contribution in [0.5, 0.6) is 0 Å². The van der Waals surface area contributed by atoms with Gasteiger partial charge in [0.2, 0.25) is 0 Å². The fourth-order valence-electron chi connectivity index (χ4n) is 2.65. The maximum Gasteiger partial charge on any atom is 0.258 e. The Morgan fingerprint density at radius 3 is 2.90 bits per heavy atom. The number of para-hydroxylation sites is 1. The zero-order valence-corrected chi connectivity index (χ0v) is 11.8. The number of halogens is 1. The third kappa shape index (κ3) is 2.12. The quantitative estimate of drug-likeness (QED) is 0.821. The second-order valence-electron chi connectivity index (χ2n) is 4.96. The van der Waals surface area contributed by atoms with E-state index in [4.69, 9.17) is 17.3 Å². The van der Waals surface area contributed by atoms with Crippen molar-refractivity contribution in [2.24, 2.45) is 0 Å². The fourth-order valence-corrected chi connectivity index (χ4v) is 2.87. The monoisotopic (exact) mass is 287 g/mol. The van der Waals surface area contributed by atoms with E-state index in [1.54, 1.807) is 17.0 Å². The zero-order chi connectivity index (χ0) is 14.3. The van der Waals surface area contributed by atoms with E-state index < -0.39 is 0 Å². The summed E-state index contributed by atoms with van der Waals surface area (Å²) in [7, 11) is 0. The smallest absolute Gasteiger partial charge is 0.258 e. The van der Waals surface area contributed by atoms with Crippen LogP contribution in [0.15, 0.2) is 36.4 Å². The predicted molar refractivity (Wildman–Crippen MR) is 80.1 cm³/mol. The molecule has 5 heteroatoms. The Balaban J connectivity index is 2.02. The van der Waals surface area contributed by atoms with Crippen molar-refractivity contribution in [3.8, 4) is 0 Å². The number of benzene rings is 1. The number of pyridine rings is 1. The van der Waals surface area contributed by atoms with Gasteiger partial charge in [0, 0.05) is 17.3 Å². The number of amides is 1. The Bertz CT molecular complexity index is 666. The van der Waals surface area contributed by atoms with Gasteiger partial charge in [-0.15, -0.1) is 0 Å². The molecule has 0 saturated heterocycles. The van der Waals surface area contributed by atoms with Gasteiger partial charge in [0.05, 0.1) is 0 Å². The molecule has 0 aliphatic carbocycles. The molecule has 2 aromatic rings. The van der Waals surface area contributed by atoms with E-state index in [1.807, 2.05) is 31.2 Å². The van der Waals surface area contributed by atoms with E-state index in [-0.39, 0.29) is 22.9 Å². The molecule has 0 radical (unpaired) electrons. The minimum absolute atomic E-state index is 0.0987. The lowest BCUT2D eigenvalue weighted by Gasteiger charge is -2.23. The molecule has 0 spiro atoms. The molecule has 4 nitrogen and oxygen atoms in total. The van der Waals surface area contributed by atoms with E-state index in [1.165, 1.54) is 5.56 Å². The third-order valence-electron chi connectivity index (χ3n) is 3.49. The number of rotatable bonds is 1. The van der Waals surface area contributed by atoms with Crippen LogP contribution in [0.3, 0.4) is 0 Å². The van der Waals surface area contributed by atoms with Crippen molar-refractivity contribution < 1.29 is 4.79 Å². The van der Waals surface area contributed by atoms with E-state index in [9.17, 15) is 4.79 Å². The average molecular weight is 288 g/mol. The number of aromatic nitrogens is 1. The number of nitrogens with two attached hydrogens (primary N) is 1. The van der Waals surface area contributed by atoms with Gasteiger partial charge in [-0.1, -0.05) is 29.8 Å². The molecule has 102 valence electrons. The summed E-state index contributed by atoms with van der Waals surface area (Å²) in [5.41, 5.74) is 8.26. The molecule has 1 aromatic heterocycles. The summed E-state index contributed by atoms with van der Waals surface area (Å²) in [6.45, 7) is 2.03. The molecular weight excluding hydrogens is 274 g/mol. The summed E-state index contributed by atoms with van der Waals surface area (Å²) in [6.07, 6.45) is 0.857. The largest absolute Gasteiger partial charge is 0.384 e. The number of anilines is 2. The first kappa shape index (κ1) is 12.9. The molecule has 0 saturated carbocycles. The Hall–Kier alpha value is -2.07. The molecule has 2 N–H and O–H groups in total. The van der Waals surface area contributed by atoms with Crippen molar-refractivity contribution >= 4 is 29.0 Å². The van der Waals surface area contributed by atoms with Gasteiger partial charge in [-0.05, 0) is 37.1 Å². The summed E-state index contributed by atoms with van der Waals surface area (Å²) in [4.78, 5) is 18.4. The minimum Gasteiger partial charge on any atom is -0.384 e. The molecule has 1 atom stereocenters. The summed E-state index contributed by atoms with van der Waals surface area (Å²) in [5.74, 6) is 0.152. The molecule has 2 heterocycles. The van der Waals surface area contributed by atoms with Crippen molar-refractivity contribution in [3.05, 3.63) is 52.7 Å². The fraction of sp³-hybridized carbons (Fsp3) is 0.200. The maximum atomic E-state index is 12.7. The highest BCUT2D eigenvalue weighted by molar-refractivity contribution is 6.30. The van der Waals surface area contributed by atoms with Crippen molar-refractivity contribution in [1.82, 2.24) is 4.98 Å². The first-order chi connectivity index (χ1) is 9.56. The predicted octanol–water partition coefficient (Wildman–Crippen LogP) is 2.91. The van der Waals surface area contributed by atoms with Crippen LogP contribution in [0.25, 0.3) is 0 Å². The third-order valence-corrected chi connectivity index (χ3v) is 3.68. The van der Waals surface area contributed by atoms with Crippen molar-refractivity contribution in [2.45, 2.75) is 19.4 Å². The molecule has 1 aromatic carbocycles. The van der Waals surface area contributed by atoms with Crippen LogP contribution >= 0.6 is 11.6 Å². The highest BCUT2D eigenvalue weighted by atomic mass is 35.5. The van der Waals surface area contributed by atoms with Crippen molar-refractivity contribution in [1.29, 1.82) is 0 Å². The van der Waals surface area contributed by atoms with E-state index >= 15 is 0 Å². The number of nitrogen functional groups attached to an aromatic ring is 1. The molecule has 1 aliphatic heterocycles. The maximum absolute atomic E-state index is 12.7. The van der Waals surface area contributed by atoms with Crippen molar-refractivity contribution in [3.63, 3.8) is 0 Å². The van der Waals surface area contributed by atoms with Gasteiger partial charge in [-0.3, -0.25) is 4.79 Å². The first-order valence-electron chi connectivity index (χ1n) is 6.41. The average Bonchev–Trinajstić information content (AvgIpc) is 2.72. The molecule has 0 fully saturated rings. The summed E-state index contributed by atoms with van der Waals surface area (Å²) in [6, 6.07) is 11.2. The number of hydrogen-bond donors (Lipinski definition) is 1. The van der Waals surface area contributed by atoms with Crippen LogP contribution in [-0.2, 0) is 6.42 Å². The normalized spacial score (nSPS) is 17.1. The number of fused-ring (bicyclic) bond motifs is 1. The topological polar surface area (TPSA) is 59.2 Å². The molecule has 3 rings (SSSR count). The van der Waals surface area contributed by atoms with E-state index in [0.717, 1.165) is 12.1 Å². The number of carbonyl (C=O) groups is 1. The van der Waals surface area contributed by atoms with Gasteiger partial charge >= 0.3 is 0 Å². The number of nitrogens with zero attached hydrogens (tertiary/aromatic N) is 2. The molecule has 0 bridgehead atoms. The lowest BCUT2D eigenvalue weighted by atomic mass is 10.1. The Morgan fingerprint density at radius 1 is 1.40 bits per heavy atom. The van der Waals surface area contributed by atoms with Gasteiger partial charge in [0.15, 0.2) is 0 Å². The van der Waals surface area contributed by atoms with Gasteiger partial charge in [-0.25, -0.2) is 4.98 Å². The van der Waals surface area contributed by atoms with Crippen molar-refractivity contribution in [2.75, 3.05) is 10.6 Å². The lowest BCUT2D eigenvalue weighted by Crippen LogP contribution is -2.35. The zero-order valence-electron chi connectivity index (χ0n) is 11.0. The van der Waals surface area contributed by atoms with Crippen LogP contribution in [0.1, 0.15) is 22.8 Å². The van der Waals surface area contributed by atoms with Crippen LogP contribution in [0.2, 0.25) is 5.15 Å². The Kier molecular flexibility index (Phi) is 3.10. The summed E-state index contributed by atoms with van der Waals surface area (Å²) in [5, 5.41) is 0.230. The van der Waals surface area contributed by atoms with Gasteiger partial charge in [0.25, 0.3) is 5.91 Å². The van der Waals surface area contributed by atoms with Gasteiger partial charge in [-0.2, -0.15) is 0 Å². The van der Waals surface area contributed by atoms with Crippen LogP contribution < -0.4 is 10.6 Å². The molecule has 1 aliphatic rings. The standard InChI is InChI=1S/C15H14ClN3O/c1-9-6-10-4-2-3-5-12(10)19(9)15(20)11-7-13(16)18-14(17)8-11/h2-5,7-9H,6H2,1H3,(H2,17,18). The SMILES string of the molecule is CC1Cc2ccccc2N1C(=O)c1cc(N)nc(Cl)c1. The second-order valence-corrected chi connectivity index (χ2v) is 5.35. The van der Waals surface area contributed by atoms with Crippen LogP contribution in [-0.4, -0.2) is 16.9 Å². The highest BCUT2D eigenvalue weighted by Gasteiger charge is 2.31. The molecule has 1 unspecified atom stereocenters. The first-order valence-corrected chi connectivity index (χ1v) is 6.78. The highest BCUT2D eigenvalue weighted by Crippen LogP contribution is 2.33. The van der Waals surface area contributed by atoms with Gasteiger partial charge in [0.1, 0.15) is 11.0 Å². The van der Waals surface area contributed by atoms with Crippen LogP contribution in [0.4, 0.5) is 11.5 Å². The molecule has 1 amide bonds. The molecule has 20 heavy (non-hydrogen) atoms. The second kappa shape index (κ2) is 4.80. The minimum atomic E-state index is -0.0987. The van der Waals surface area contributed by atoms with E-state index in [0.29, 0.717) is 5.56 Å². The summed E-state index contributed by atoms with van der Waals surface area (Å²) >= 11 is 5.88. The Morgan fingerprint density at radius 2 is 2.15 bits per heavy atom. The van der Waals surface area contributed by atoms with Gasteiger partial charge < -0.3 is 10.6 Å². The van der Waals surface area contributed by atoms with E-state index in [2.05, 4.69) is 4.98 Å². The number of hydrogen-bond acceptors (Lipinski definition) is 3. The molecular formula is C15H14ClN3O. The lowest BCUT2D eigenvalue weighted by molar-refractivity contribution is 0.0981.